The first kappa shape index (κ1) is 25.1. The van der Waals surface area contributed by atoms with E-state index in [-0.39, 0.29) is 37.6 Å². The van der Waals surface area contributed by atoms with Crippen molar-refractivity contribution < 1.29 is 19.4 Å². The summed E-state index contributed by atoms with van der Waals surface area (Å²) >= 11 is 6.43. The number of aliphatic hydroxyl groups excluding tert-OH is 1. The summed E-state index contributed by atoms with van der Waals surface area (Å²) in [5, 5.41) is 16.0. The highest BCUT2D eigenvalue weighted by Gasteiger charge is 2.29. The van der Waals surface area contributed by atoms with Gasteiger partial charge >= 0.3 is 0 Å². The minimum atomic E-state index is -0.267. The lowest BCUT2D eigenvalue weighted by Crippen LogP contribution is -2.37. The number of nitrogens with zero attached hydrogens (tertiary/aromatic N) is 3. The number of hydrogen-bond donors (Lipinski definition) is 3. The van der Waals surface area contributed by atoms with Crippen molar-refractivity contribution in [1.82, 2.24) is 20.2 Å². The number of benzene rings is 2. The lowest BCUT2D eigenvalue weighted by atomic mass is 10.0. The van der Waals surface area contributed by atoms with Gasteiger partial charge in [-0.1, -0.05) is 48.0 Å². The summed E-state index contributed by atoms with van der Waals surface area (Å²) in [6.45, 7) is 1.88. The van der Waals surface area contributed by atoms with Crippen LogP contribution in [-0.2, 0) is 29.2 Å². The highest BCUT2D eigenvalue weighted by molar-refractivity contribution is 6.33. The molecule has 3 aromatic rings. The van der Waals surface area contributed by atoms with E-state index < -0.39 is 0 Å². The second-order valence-corrected chi connectivity index (χ2v) is 9.57. The number of aromatic nitrogens is 2. The Morgan fingerprint density at radius 3 is 2.73 bits per heavy atom. The standard InChI is InChI=1S/C27H28ClN5O4/c28-23-13-30-27(31-21-7-9-37-10-8-21)32-25(23)17-5-6-19-14-33(26(36)22(19)11-17)15-24(35)29-12-18-3-1-2-4-20(18)16-34/h1-6,11,13,21,34H,7-10,12,14-16H2,(H,29,35)(H,30,31,32). The van der Waals surface area contributed by atoms with Gasteiger partial charge in [0.05, 0.1) is 23.5 Å². The van der Waals surface area contributed by atoms with E-state index in [0.29, 0.717) is 47.6 Å². The van der Waals surface area contributed by atoms with E-state index in [1.165, 1.54) is 4.90 Å². The molecule has 192 valence electrons. The summed E-state index contributed by atoms with van der Waals surface area (Å²) < 4.78 is 5.41. The minimum absolute atomic E-state index is 0.0580. The van der Waals surface area contributed by atoms with Crippen molar-refractivity contribution in [1.29, 1.82) is 0 Å². The molecule has 3 heterocycles. The average Bonchev–Trinajstić information content (AvgIpc) is 3.23. The van der Waals surface area contributed by atoms with Crippen LogP contribution in [0.4, 0.5) is 5.95 Å². The first-order valence-corrected chi connectivity index (χ1v) is 12.6. The molecule has 0 atom stereocenters. The molecule has 2 aliphatic heterocycles. The van der Waals surface area contributed by atoms with Crippen molar-refractivity contribution in [3.05, 3.63) is 75.9 Å². The molecule has 1 saturated heterocycles. The van der Waals surface area contributed by atoms with E-state index >= 15 is 0 Å². The van der Waals surface area contributed by atoms with Gasteiger partial charge in [0, 0.05) is 43.5 Å². The maximum Gasteiger partial charge on any atom is 0.254 e. The van der Waals surface area contributed by atoms with Crippen LogP contribution in [0.5, 0.6) is 0 Å². The third-order valence-electron chi connectivity index (χ3n) is 6.66. The number of anilines is 1. The van der Waals surface area contributed by atoms with Crippen LogP contribution >= 0.6 is 11.6 Å². The summed E-state index contributed by atoms with van der Waals surface area (Å²) in [5.41, 5.74) is 4.23. The fourth-order valence-corrected chi connectivity index (χ4v) is 4.81. The predicted octanol–water partition coefficient (Wildman–Crippen LogP) is 3.15. The number of rotatable bonds is 8. The maximum absolute atomic E-state index is 13.1. The number of ether oxygens (including phenoxy) is 1. The molecule has 37 heavy (non-hydrogen) atoms. The summed E-state index contributed by atoms with van der Waals surface area (Å²) in [4.78, 5) is 36.2. The second kappa shape index (κ2) is 11.2. The number of carbonyl (C=O) groups is 2. The van der Waals surface area contributed by atoms with E-state index in [1.807, 2.05) is 36.4 Å². The molecule has 1 aromatic heterocycles. The third-order valence-corrected chi connectivity index (χ3v) is 6.94. The Balaban J connectivity index is 1.25. The molecule has 0 radical (unpaired) electrons. The smallest absolute Gasteiger partial charge is 0.254 e. The summed E-state index contributed by atoms with van der Waals surface area (Å²) in [6, 6.07) is 13.1. The topological polar surface area (TPSA) is 117 Å². The Morgan fingerprint density at radius 1 is 1.16 bits per heavy atom. The molecule has 0 spiro atoms. The SMILES string of the molecule is O=C(CN1Cc2ccc(-c3nc(NC4CCOCC4)ncc3Cl)cc2C1=O)NCc1ccccc1CO. The molecule has 2 aliphatic rings. The summed E-state index contributed by atoms with van der Waals surface area (Å²) in [7, 11) is 0. The number of aliphatic hydroxyl groups is 1. The molecule has 9 nitrogen and oxygen atoms in total. The van der Waals surface area contributed by atoms with Gasteiger partial charge in [0.2, 0.25) is 11.9 Å². The van der Waals surface area contributed by atoms with Gasteiger partial charge in [-0.05, 0) is 35.6 Å². The zero-order valence-electron chi connectivity index (χ0n) is 20.2. The van der Waals surface area contributed by atoms with Gasteiger partial charge in [-0.15, -0.1) is 0 Å². The number of halogens is 1. The molecule has 5 rings (SSSR count). The van der Waals surface area contributed by atoms with Gasteiger partial charge in [-0.25, -0.2) is 9.97 Å². The van der Waals surface area contributed by atoms with Crippen molar-refractivity contribution in [2.24, 2.45) is 0 Å². The molecule has 2 aromatic carbocycles. The molecule has 2 amide bonds. The first-order chi connectivity index (χ1) is 18.0. The zero-order valence-corrected chi connectivity index (χ0v) is 21.0. The normalized spacial score (nSPS) is 15.5. The van der Waals surface area contributed by atoms with Crippen LogP contribution < -0.4 is 10.6 Å². The molecule has 0 aliphatic carbocycles. The molecular weight excluding hydrogens is 494 g/mol. The number of nitrogens with one attached hydrogen (secondary N) is 2. The molecule has 0 bridgehead atoms. The Morgan fingerprint density at radius 2 is 1.95 bits per heavy atom. The van der Waals surface area contributed by atoms with Gasteiger partial charge in [0.1, 0.15) is 6.54 Å². The number of amides is 2. The molecular formula is C27H28ClN5O4. The van der Waals surface area contributed by atoms with E-state index in [9.17, 15) is 14.7 Å². The summed E-state index contributed by atoms with van der Waals surface area (Å²) in [6.07, 6.45) is 3.32. The van der Waals surface area contributed by atoms with Crippen molar-refractivity contribution in [2.45, 2.75) is 38.6 Å². The first-order valence-electron chi connectivity index (χ1n) is 12.3. The lowest BCUT2D eigenvalue weighted by Gasteiger charge is -2.23. The predicted molar refractivity (Wildman–Crippen MR) is 139 cm³/mol. The third kappa shape index (κ3) is 5.74. The van der Waals surface area contributed by atoms with Crippen LogP contribution in [-0.4, -0.2) is 57.6 Å². The van der Waals surface area contributed by atoms with Crippen LogP contribution in [0.15, 0.2) is 48.7 Å². The Bertz CT molecular complexity index is 1310. The van der Waals surface area contributed by atoms with Gasteiger partial charge in [-0.2, -0.15) is 0 Å². The number of fused-ring (bicyclic) bond motifs is 1. The highest BCUT2D eigenvalue weighted by atomic mass is 35.5. The van der Waals surface area contributed by atoms with E-state index in [4.69, 9.17) is 16.3 Å². The zero-order chi connectivity index (χ0) is 25.8. The van der Waals surface area contributed by atoms with Crippen LogP contribution in [0.1, 0.15) is 39.9 Å². The van der Waals surface area contributed by atoms with Crippen LogP contribution in [0, 0.1) is 0 Å². The van der Waals surface area contributed by atoms with Gasteiger partial charge in [-0.3, -0.25) is 9.59 Å². The fourth-order valence-electron chi connectivity index (χ4n) is 4.61. The number of hydrogen-bond acceptors (Lipinski definition) is 7. The fraction of sp³-hybridized carbons (Fsp3) is 0.333. The summed E-state index contributed by atoms with van der Waals surface area (Å²) in [5.74, 6) is 0.00415. The van der Waals surface area contributed by atoms with Crippen molar-refractivity contribution >= 4 is 29.4 Å². The monoisotopic (exact) mass is 521 g/mol. The Kier molecular flexibility index (Phi) is 7.64. The lowest BCUT2D eigenvalue weighted by molar-refractivity contribution is -0.122. The van der Waals surface area contributed by atoms with Crippen LogP contribution in [0.25, 0.3) is 11.3 Å². The van der Waals surface area contributed by atoms with Crippen molar-refractivity contribution in [3.8, 4) is 11.3 Å². The number of carbonyl (C=O) groups excluding carboxylic acids is 2. The maximum atomic E-state index is 13.1. The Hall–Kier alpha value is -3.53. The van der Waals surface area contributed by atoms with Gasteiger partial charge in [0.25, 0.3) is 5.91 Å². The molecule has 0 unspecified atom stereocenters. The van der Waals surface area contributed by atoms with E-state index in [2.05, 4.69) is 20.6 Å². The van der Waals surface area contributed by atoms with Crippen molar-refractivity contribution in [2.75, 3.05) is 25.1 Å². The van der Waals surface area contributed by atoms with Crippen molar-refractivity contribution in [3.63, 3.8) is 0 Å². The minimum Gasteiger partial charge on any atom is -0.392 e. The van der Waals surface area contributed by atoms with Crippen LogP contribution in [0.3, 0.4) is 0 Å². The van der Waals surface area contributed by atoms with Crippen LogP contribution in [0.2, 0.25) is 5.02 Å². The average molecular weight is 522 g/mol. The van der Waals surface area contributed by atoms with Gasteiger partial charge in [0.15, 0.2) is 0 Å². The highest BCUT2D eigenvalue weighted by Crippen LogP contribution is 2.31. The Labute approximate surface area is 219 Å². The van der Waals surface area contributed by atoms with E-state index in [1.54, 1.807) is 12.3 Å². The molecule has 0 saturated carbocycles. The second-order valence-electron chi connectivity index (χ2n) is 9.16. The molecule has 3 N–H and O–H groups in total. The largest absolute Gasteiger partial charge is 0.392 e. The van der Waals surface area contributed by atoms with Gasteiger partial charge < -0.3 is 25.4 Å². The quantitative estimate of drug-likeness (QED) is 0.417. The van der Waals surface area contributed by atoms with E-state index in [0.717, 1.165) is 29.5 Å². The molecule has 10 heteroatoms. The molecule has 1 fully saturated rings.